The zero-order chi connectivity index (χ0) is 15.3. The number of carbonyl (C=O) groups is 1. The number of fused-ring (bicyclic) bond motifs is 1. The minimum Gasteiger partial charge on any atom is -0.354 e. The van der Waals surface area contributed by atoms with Crippen molar-refractivity contribution in [2.75, 3.05) is 6.54 Å². The van der Waals surface area contributed by atoms with Crippen LogP contribution in [0.2, 0.25) is 5.02 Å². The second-order valence-corrected chi connectivity index (χ2v) is 5.69. The van der Waals surface area contributed by atoms with Crippen molar-refractivity contribution in [3.05, 3.63) is 29.4 Å². The second-order valence-electron chi connectivity index (χ2n) is 5.29. The number of carbonyl (C=O) groups excluding carboxylic acids is 1. The van der Waals surface area contributed by atoms with Crippen LogP contribution in [0.15, 0.2) is 24.4 Å². The van der Waals surface area contributed by atoms with Gasteiger partial charge in [0.25, 0.3) is 0 Å². The lowest BCUT2D eigenvalue weighted by atomic mass is 10.2. The van der Waals surface area contributed by atoms with E-state index in [0.717, 1.165) is 10.9 Å². The Kier molecular flexibility index (Phi) is 2.90. The SMILES string of the molecule is Cn1nc(-c2cn(C3CCNC3=O)nn2)c2c(Cl)cccc21. The van der Waals surface area contributed by atoms with Crippen LogP contribution in [0.25, 0.3) is 22.3 Å². The first-order chi connectivity index (χ1) is 10.6. The molecule has 0 spiro atoms. The van der Waals surface area contributed by atoms with Crippen molar-refractivity contribution < 1.29 is 4.79 Å². The minimum atomic E-state index is -0.299. The smallest absolute Gasteiger partial charge is 0.245 e. The number of aromatic nitrogens is 5. The number of amides is 1. The molecule has 8 heteroatoms. The van der Waals surface area contributed by atoms with Gasteiger partial charge in [-0.3, -0.25) is 9.48 Å². The molecule has 1 aliphatic heterocycles. The maximum Gasteiger partial charge on any atom is 0.245 e. The summed E-state index contributed by atoms with van der Waals surface area (Å²) in [4.78, 5) is 11.8. The monoisotopic (exact) mass is 316 g/mol. The quantitative estimate of drug-likeness (QED) is 0.778. The molecule has 3 aromatic rings. The Hall–Kier alpha value is -2.41. The predicted molar refractivity (Wildman–Crippen MR) is 81.4 cm³/mol. The first-order valence-electron chi connectivity index (χ1n) is 6.96. The third-order valence-corrected chi connectivity index (χ3v) is 4.23. The molecule has 1 saturated heterocycles. The fourth-order valence-electron chi connectivity index (χ4n) is 2.82. The Morgan fingerprint density at radius 2 is 2.27 bits per heavy atom. The summed E-state index contributed by atoms with van der Waals surface area (Å²) in [5, 5.41) is 17.0. The molecule has 0 bridgehead atoms. The van der Waals surface area contributed by atoms with Crippen LogP contribution in [0.5, 0.6) is 0 Å². The van der Waals surface area contributed by atoms with Crippen molar-refractivity contribution in [2.24, 2.45) is 7.05 Å². The van der Waals surface area contributed by atoms with Crippen molar-refractivity contribution in [2.45, 2.75) is 12.5 Å². The number of rotatable bonds is 2. The Balaban J connectivity index is 1.83. The standard InChI is InChI=1S/C14H13ClN6O/c1-20-10-4-2-3-8(15)12(10)13(18-20)9-7-21(19-17-9)11-5-6-16-14(11)22/h2-4,7,11H,5-6H2,1H3,(H,16,22). The molecule has 1 unspecified atom stereocenters. The summed E-state index contributed by atoms with van der Waals surface area (Å²) in [6.07, 6.45) is 2.46. The second kappa shape index (κ2) is 4.81. The van der Waals surface area contributed by atoms with Gasteiger partial charge >= 0.3 is 0 Å². The van der Waals surface area contributed by atoms with Gasteiger partial charge in [-0.05, 0) is 18.6 Å². The number of nitrogens with one attached hydrogen (secondary N) is 1. The van der Waals surface area contributed by atoms with Crippen LogP contribution in [0.4, 0.5) is 0 Å². The summed E-state index contributed by atoms with van der Waals surface area (Å²) in [6, 6.07) is 5.36. The van der Waals surface area contributed by atoms with E-state index in [1.807, 2.05) is 25.2 Å². The first-order valence-corrected chi connectivity index (χ1v) is 7.34. The lowest BCUT2D eigenvalue weighted by Crippen LogP contribution is -2.22. The molecule has 3 heterocycles. The Morgan fingerprint density at radius 1 is 1.41 bits per heavy atom. The largest absolute Gasteiger partial charge is 0.354 e. The van der Waals surface area contributed by atoms with E-state index < -0.39 is 0 Å². The third-order valence-electron chi connectivity index (χ3n) is 3.92. The summed E-state index contributed by atoms with van der Waals surface area (Å²) in [7, 11) is 1.86. The van der Waals surface area contributed by atoms with E-state index in [0.29, 0.717) is 29.4 Å². The average molecular weight is 317 g/mol. The number of hydrogen-bond donors (Lipinski definition) is 1. The highest BCUT2D eigenvalue weighted by molar-refractivity contribution is 6.36. The molecular weight excluding hydrogens is 304 g/mol. The summed E-state index contributed by atoms with van der Waals surface area (Å²) < 4.78 is 3.35. The predicted octanol–water partition coefficient (Wildman–Crippen LogP) is 1.55. The van der Waals surface area contributed by atoms with E-state index in [2.05, 4.69) is 20.7 Å². The number of halogens is 1. The van der Waals surface area contributed by atoms with Gasteiger partial charge in [0.05, 0.1) is 16.7 Å². The molecule has 1 amide bonds. The van der Waals surface area contributed by atoms with Gasteiger partial charge in [-0.15, -0.1) is 5.10 Å². The number of nitrogens with zero attached hydrogens (tertiary/aromatic N) is 5. The summed E-state index contributed by atoms with van der Waals surface area (Å²) in [6.45, 7) is 0.664. The molecule has 4 rings (SSSR count). The van der Waals surface area contributed by atoms with Crippen LogP contribution < -0.4 is 5.32 Å². The van der Waals surface area contributed by atoms with E-state index >= 15 is 0 Å². The van der Waals surface area contributed by atoms with Gasteiger partial charge in [-0.1, -0.05) is 22.9 Å². The van der Waals surface area contributed by atoms with Crippen molar-refractivity contribution in [1.29, 1.82) is 0 Å². The topological polar surface area (TPSA) is 77.6 Å². The Morgan fingerprint density at radius 3 is 3.05 bits per heavy atom. The molecule has 22 heavy (non-hydrogen) atoms. The van der Waals surface area contributed by atoms with Crippen LogP contribution in [-0.4, -0.2) is 37.2 Å². The summed E-state index contributed by atoms with van der Waals surface area (Å²) in [5.41, 5.74) is 2.21. The Labute approximate surface area is 130 Å². The molecule has 1 fully saturated rings. The number of hydrogen-bond acceptors (Lipinski definition) is 4. The van der Waals surface area contributed by atoms with Gasteiger partial charge in [0.15, 0.2) is 0 Å². The maximum atomic E-state index is 11.8. The highest BCUT2D eigenvalue weighted by Gasteiger charge is 2.27. The van der Waals surface area contributed by atoms with Gasteiger partial charge in [-0.2, -0.15) is 5.10 Å². The molecule has 0 aliphatic carbocycles. The number of aryl methyl sites for hydroxylation is 1. The van der Waals surface area contributed by atoms with E-state index in [4.69, 9.17) is 11.6 Å². The molecule has 0 saturated carbocycles. The highest BCUT2D eigenvalue weighted by Crippen LogP contribution is 2.32. The zero-order valence-electron chi connectivity index (χ0n) is 11.8. The van der Waals surface area contributed by atoms with Crippen molar-refractivity contribution in [3.8, 4) is 11.4 Å². The van der Waals surface area contributed by atoms with Crippen LogP contribution in [0.1, 0.15) is 12.5 Å². The highest BCUT2D eigenvalue weighted by atomic mass is 35.5. The van der Waals surface area contributed by atoms with Gasteiger partial charge in [-0.25, -0.2) is 4.68 Å². The number of benzene rings is 1. The molecule has 0 radical (unpaired) electrons. The fraction of sp³-hybridized carbons (Fsp3) is 0.286. The molecule has 2 aromatic heterocycles. The van der Waals surface area contributed by atoms with Crippen molar-refractivity contribution in [1.82, 2.24) is 30.1 Å². The first kappa shape index (κ1) is 13.3. The molecule has 112 valence electrons. The van der Waals surface area contributed by atoms with Crippen LogP contribution in [0.3, 0.4) is 0 Å². The maximum absolute atomic E-state index is 11.8. The lowest BCUT2D eigenvalue weighted by Gasteiger charge is -2.04. The lowest BCUT2D eigenvalue weighted by molar-refractivity contribution is -0.122. The van der Waals surface area contributed by atoms with E-state index in [9.17, 15) is 4.79 Å². The van der Waals surface area contributed by atoms with E-state index in [1.165, 1.54) is 0 Å². The normalized spacial score (nSPS) is 18.1. The van der Waals surface area contributed by atoms with E-state index in [1.54, 1.807) is 15.6 Å². The van der Waals surface area contributed by atoms with Gasteiger partial charge in [0.2, 0.25) is 5.91 Å². The average Bonchev–Trinajstić information content (AvgIpc) is 3.19. The fourth-order valence-corrected chi connectivity index (χ4v) is 3.08. The molecule has 1 atom stereocenters. The summed E-state index contributed by atoms with van der Waals surface area (Å²) in [5.74, 6) is -0.0274. The van der Waals surface area contributed by atoms with Crippen molar-refractivity contribution >= 4 is 28.4 Å². The van der Waals surface area contributed by atoms with Crippen LogP contribution >= 0.6 is 11.6 Å². The minimum absolute atomic E-state index is 0.0274. The molecular formula is C14H13ClN6O. The van der Waals surface area contributed by atoms with E-state index in [-0.39, 0.29) is 11.9 Å². The summed E-state index contributed by atoms with van der Waals surface area (Å²) >= 11 is 6.31. The van der Waals surface area contributed by atoms with Crippen LogP contribution in [0, 0.1) is 0 Å². The molecule has 1 aliphatic rings. The third kappa shape index (κ3) is 1.89. The van der Waals surface area contributed by atoms with Gasteiger partial charge in [0, 0.05) is 19.0 Å². The molecule has 1 N–H and O–H groups in total. The zero-order valence-corrected chi connectivity index (χ0v) is 12.6. The van der Waals surface area contributed by atoms with Gasteiger partial charge in [0.1, 0.15) is 17.4 Å². The van der Waals surface area contributed by atoms with Gasteiger partial charge < -0.3 is 5.32 Å². The van der Waals surface area contributed by atoms with Crippen molar-refractivity contribution in [3.63, 3.8) is 0 Å². The molecule has 1 aromatic carbocycles. The Bertz CT molecular complexity index is 883. The van der Waals surface area contributed by atoms with Crippen LogP contribution in [-0.2, 0) is 11.8 Å². The molecule has 7 nitrogen and oxygen atoms in total.